The highest BCUT2D eigenvalue weighted by Crippen LogP contribution is 2.17. The number of para-hydroxylation sites is 1. The fourth-order valence-corrected chi connectivity index (χ4v) is 2.60. The number of hydrogen-bond donors (Lipinski definition) is 2. The molecule has 0 unspecified atom stereocenters. The van der Waals surface area contributed by atoms with Crippen molar-refractivity contribution >= 4 is 22.8 Å². The van der Waals surface area contributed by atoms with E-state index in [1.54, 1.807) is 22.2 Å². The van der Waals surface area contributed by atoms with Crippen molar-refractivity contribution in [3.05, 3.63) is 30.1 Å². The zero-order valence-corrected chi connectivity index (χ0v) is 11.6. The van der Waals surface area contributed by atoms with E-state index in [-0.39, 0.29) is 18.4 Å². The summed E-state index contributed by atoms with van der Waals surface area (Å²) < 4.78 is 0. The van der Waals surface area contributed by atoms with E-state index < -0.39 is 0 Å². The number of nitrogens with one attached hydrogen (secondary N) is 1. The number of rotatable bonds is 2. The van der Waals surface area contributed by atoms with E-state index in [2.05, 4.69) is 9.97 Å². The van der Waals surface area contributed by atoms with Gasteiger partial charge in [-0.05, 0) is 12.1 Å². The molecule has 0 atom stereocenters. The lowest BCUT2D eigenvalue weighted by atomic mass is 10.1. The van der Waals surface area contributed by atoms with Crippen LogP contribution in [0.5, 0.6) is 0 Å². The fraction of sp³-hybridized carbons (Fsp3) is 0.357. The predicted molar refractivity (Wildman–Crippen MR) is 77.6 cm³/mol. The van der Waals surface area contributed by atoms with E-state index in [9.17, 15) is 9.59 Å². The molecule has 3 N–H and O–H groups in total. The van der Waals surface area contributed by atoms with Gasteiger partial charge in [-0.15, -0.1) is 0 Å². The minimum Gasteiger partial charge on any atom is -0.345 e. The largest absolute Gasteiger partial charge is 0.345 e. The predicted octanol–water partition coefficient (Wildman–Crippen LogP) is -0.194. The van der Waals surface area contributed by atoms with Gasteiger partial charge in [0.2, 0.25) is 5.91 Å². The molecule has 7 heteroatoms. The molecular formula is C14H17N5O2. The smallest absolute Gasteiger partial charge is 0.256 e. The van der Waals surface area contributed by atoms with Gasteiger partial charge in [-0.2, -0.15) is 0 Å². The number of fused-ring (bicyclic) bond motifs is 1. The molecule has 0 spiro atoms. The Morgan fingerprint density at radius 1 is 1.19 bits per heavy atom. The summed E-state index contributed by atoms with van der Waals surface area (Å²) in [4.78, 5) is 34.8. The Morgan fingerprint density at radius 3 is 2.62 bits per heavy atom. The van der Waals surface area contributed by atoms with Crippen LogP contribution in [0, 0.1) is 0 Å². The average molecular weight is 287 g/mol. The lowest BCUT2D eigenvalue weighted by molar-refractivity contribution is -0.131. The van der Waals surface area contributed by atoms with Gasteiger partial charge in [0.25, 0.3) is 5.91 Å². The highest BCUT2D eigenvalue weighted by molar-refractivity contribution is 6.04. The molecule has 0 bridgehead atoms. The van der Waals surface area contributed by atoms with E-state index in [0.29, 0.717) is 37.3 Å². The van der Waals surface area contributed by atoms with Crippen molar-refractivity contribution in [3.63, 3.8) is 0 Å². The molecule has 1 aliphatic heterocycles. The Labute approximate surface area is 121 Å². The van der Waals surface area contributed by atoms with Crippen LogP contribution in [0.3, 0.4) is 0 Å². The zero-order valence-electron chi connectivity index (χ0n) is 11.6. The lowest BCUT2D eigenvalue weighted by Crippen LogP contribution is -2.51. The number of piperazine rings is 1. The third kappa shape index (κ3) is 2.47. The van der Waals surface area contributed by atoms with Crippen LogP contribution in [-0.4, -0.2) is 64.3 Å². The number of aromatic nitrogens is 2. The lowest BCUT2D eigenvalue weighted by Gasteiger charge is -2.34. The van der Waals surface area contributed by atoms with E-state index in [0.717, 1.165) is 5.52 Å². The monoisotopic (exact) mass is 287 g/mol. The Morgan fingerprint density at radius 2 is 1.90 bits per heavy atom. The van der Waals surface area contributed by atoms with Crippen molar-refractivity contribution in [2.75, 3.05) is 32.7 Å². The molecule has 7 nitrogen and oxygen atoms in total. The van der Waals surface area contributed by atoms with Gasteiger partial charge in [0, 0.05) is 26.2 Å². The Bertz CT molecular complexity index is 673. The number of carbonyl (C=O) groups excluding carboxylic acids is 2. The summed E-state index contributed by atoms with van der Waals surface area (Å²) in [5.74, 6) is -0.121. The molecule has 1 aliphatic rings. The normalized spacial score (nSPS) is 15.5. The van der Waals surface area contributed by atoms with Crippen LogP contribution in [0.4, 0.5) is 0 Å². The van der Waals surface area contributed by atoms with E-state index in [1.165, 1.54) is 0 Å². The molecule has 0 radical (unpaired) electrons. The fourth-order valence-electron chi connectivity index (χ4n) is 2.60. The third-order valence-corrected chi connectivity index (χ3v) is 3.77. The summed E-state index contributed by atoms with van der Waals surface area (Å²) in [6.07, 6.45) is 1.58. The third-order valence-electron chi connectivity index (χ3n) is 3.77. The Balaban J connectivity index is 1.75. The highest BCUT2D eigenvalue weighted by atomic mass is 16.2. The average Bonchev–Trinajstić information content (AvgIpc) is 3.02. The number of nitrogens with zero attached hydrogens (tertiary/aromatic N) is 3. The number of hydrogen-bond acceptors (Lipinski definition) is 4. The summed E-state index contributed by atoms with van der Waals surface area (Å²) in [6, 6.07) is 5.50. The summed E-state index contributed by atoms with van der Waals surface area (Å²) in [6.45, 7) is 2.11. The minimum absolute atomic E-state index is 0.0144. The van der Waals surface area contributed by atoms with Crippen molar-refractivity contribution in [1.29, 1.82) is 0 Å². The maximum absolute atomic E-state index is 12.6. The van der Waals surface area contributed by atoms with Gasteiger partial charge in [-0.1, -0.05) is 6.07 Å². The van der Waals surface area contributed by atoms with Crippen LogP contribution < -0.4 is 5.73 Å². The van der Waals surface area contributed by atoms with E-state index >= 15 is 0 Å². The number of imidazole rings is 1. The van der Waals surface area contributed by atoms with Crippen molar-refractivity contribution in [2.24, 2.45) is 5.73 Å². The van der Waals surface area contributed by atoms with Crippen LogP contribution in [0.1, 0.15) is 10.4 Å². The number of aromatic amines is 1. The molecule has 2 heterocycles. The van der Waals surface area contributed by atoms with Gasteiger partial charge in [0.15, 0.2) is 0 Å². The standard InChI is InChI=1S/C14H17N5O2/c15-8-12(20)18-4-6-19(7-5-18)14(21)10-2-1-3-11-13(10)17-9-16-11/h1-3,9H,4-8,15H2,(H,16,17). The molecule has 110 valence electrons. The Hall–Kier alpha value is -2.41. The van der Waals surface area contributed by atoms with Crippen LogP contribution >= 0.6 is 0 Å². The Kier molecular flexibility index (Phi) is 3.57. The van der Waals surface area contributed by atoms with Crippen LogP contribution in [0.25, 0.3) is 11.0 Å². The molecule has 2 amide bonds. The summed E-state index contributed by atoms with van der Waals surface area (Å²) in [7, 11) is 0. The van der Waals surface area contributed by atoms with Crippen molar-refractivity contribution in [3.8, 4) is 0 Å². The minimum atomic E-state index is -0.0727. The van der Waals surface area contributed by atoms with Crippen LogP contribution in [0.2, 0.25) is 0 Å². The van der Waals surface area contributed by atoms with Crippen molar-refractivity contribution < 1.29 is 9.59 Å². The molecule has 1 aromatic carbocycles. The maximum Gasteiger partial charge on any atom is 0.256 e. The van der Waals surface area contributed by atoms with Gasteiger partial charge in [0.05, 0.1) is 24.0 Å². The first-order chi connectivity index (χ1) is 10.2. The first-order valence-electron chi connectivity index (χ1n) is 6.90. The topological polar surface area (TPSA) is 95.3 Å². The highest BCUT2D eigenvalue weighted by Gasteiger charge is 2.25. The molecule has 1 aromatic heterocycles. The van der Waals surface area contributed by atoms with Gasteiger partial charge in [-0.3, -0.25) is 9.59 Å². The van der Waals surface area contributed by atoms with Gasteiger partial charge in [-0.25, -0.2) is 4.98 Å². The summed E-state index contributed by atoms with van der Waals surface area (Å²) in [5.41, 5.74) is 7.47. The summed E-state index contributed by atoms with van der Waals surface area (Å²) >= 11 is 0. The molecule has 2 aromatic rings. The van der Waals surface area contributed by atoms with E-state index in [1.807, 2.05) is 12.1 Å². The van der Waals surface area contributed by atoms with Crippen molar-refractivity contribution in [2.45, 2.75) is 0 Å². The van der Waals surface area contributed by atoms with Gasteiger partial charge in [0.1, 0.15) is 5.52 Å². The number of H-pyrrole nitrogens is 1. The number of nitrogens with two attached hydrogens (primary N) is 1. The second-order valence-corrected chi connectivity index (χ2v) is 4.98. The van der Waals surface area contributed by atoms with E-state index in [4.69, 9.17) is 5.73 Å². The molecule has 1 fully saturated rings. The SMILES string of the molecule is NCC(=O)N1CCN(C(=O)c2cccc3[nH]cnc23)CC1. The van der Waals surface area contributed by atoms with Gasteiger partial charge >= 0.3 is 0 Å². The summed E-state index contributed by atoms with van der Waals surface area (Å²) in [5, 5.41) is 0. The molecular weight excluding hydrogens is 270 g/mol. The van der Waals surface area contributed by atoms with Crippen molar-refractivity contribution in [1.82, 2.24) is 19.8 Å². The van der Waals surface area contributed by atoms with Crippen LogP contribution in [-0.2, 0) is 4.79 Å². The molecule has 1 saturated heterocycles. The second kappa shape index (κ2) is 5.53. The molecule has 0 aliphatic carbocycles. The second-order valence-electron chi connectivity index (χ2n) is 4.98. The number of carbonyl (C=O) groups is 2. The molecule has 3 rings (SSSR count). The molecule has 0 saturated carbocycles. The molecule has 21 heavy (non-hydrogen) atoms. The van der Waals surface area contributed by atoms with Gasteiger partial charge < -0.3 is 20.5 Å². The quantitative estimate of drug-likeness (QED) is 0.800. The van der Waals surface area contributed by atoms with Crippen LogP contribution in [0.15, 0.2) is 24.5 Å². The first-order valence-corrected chi connectivity index (χ1v) is 6.90. The number of benzene rings is 1. The maximum atomic E-state index is 12.6. The number of amides is 2. The first kappa shape index (κ1) is 13.6. The zero-order chi connectivity index (χ0) is 14.8.